The van der Waals surface area contributed by atoms with Crippen LogP contribution in [0.2, 0.25) is 5.02 Å². The number of carbonyl (C=O) groups excluding carboxylic acids is 1. The molecule has 0 spiro atoms. The van der Waals surface area contributed by atoms with Gasteiger partial charge >= 0.3 is 6.09 Å². The molecule has 1 saturated heterocycles. The molecule has 82 valence electrons. The second-order valence-corrected chi connectivity index (χ2v) is 3.61. The minimum absolute atomic E-state index is 0. The maximum absolute atomic E-state index is 11.0. The summed E-state index contributed by atoms with van der Waals surface area (Å²) in [4.78, 5) is 11.0. The van der Waals surface area contributed by atoms with E-state index in [4.69, 9.17) is 16.3 Å². The van der Waals surface area contributed by atoms with Crippen molar-refractivity contribution in [3.05, 3.63) is 34.9 Å². The number of alkyl carbamates (subject to hydrolysis) is 1. The number of cyclic esters (lactones) is 1. The van der Waals surface area contributed by atoms with Crippen LogP contribution in [0.15, 0.2) is 24.3 Å². The quantitative estimate of drug-likeness (QED) is 0.829. The maximum atomic E-state index is 11.0. The summed E-state index contributed by atoms with van der Waals surface area (Å²) in [6.45, 7) is 0.471. The highest BCUT2D eigenvalue weighted by Gasteiger charge is 2.20. The van der Waals surface area contributed by atoms with E-state index in [2.05, 4.69) is 5.32 Å². The number of halogens is 2. The third-order valence-electron chi connectivity index (χ3n) is 2.20. The van der Waals surface area contributed by atoms with Gasteiger partial charge in [0.1, 0.15) is 0 Å². The Labute approximate surface area is 99.2 Å². The molecule has 0 radical (unpaired) electrons. The van der Waals surface area contributed by atoms with E-state index in [1.54, 1.807) is 0 Å². The second-order valence-electron chi connectivity index (χ2n) is 3.17. The maximum Gasteiger partial charge on any atom is 0.407 e. The number of nitrogens with one attached hydrogen (secondary N) is 1. The van der Waals surface area contributed by atoms with Gasteiger partial charge in [0.2, 0.25) is 0 Å². The molecule has 0 aliphatic carbocycles. The van der Waals surface area contributed by atoms with Crippen LogP contribution in [0.4, 0.5) is 4.79 Å². The van der Waals surface area contributed by atoms with E-state index in [-0.39, 0.29) is 24.5 Å². The topological polar surface area (TPSA) is 38.3 Å². The summed E-state index contributed by atoms with van der Waals surface area (Å²) in [5.74, 6) is 0. The molecule has 1 fully saturated rings. The Morgan fingerprint density at radius 3 is 2.60 bits per heavy atom. The lowest BCUT2D eigenvalue weighted by molar-refractivity contribution is 0.115. The molecule has 1 aliphatic rings. The fraction of sp³-hybridized carbons (Fsp3) is 0.300. The summed E-state index contributed by atoms with van der Waals surface area (Å²) in [6, 6.07) is 7.52. The van der Waals surface area contributed by atoms with Crippen LogP contribution in [0.5, 0.6) is 0 Å². The highest BCUT2D eigenvalue weighted by molar-refractivity contribution is 6.30. The van der Waals surface area contributed by atoms with Gasteiger partial charge in [-0.25, -0.2) is 4.79 Å². The Morgan fingerprint density at radius 1 is 1.33 bits per heavy atom. The van der Waals surface area contributed by atoms with E-state index in [0.717, 1.165) is 12.0 Å². The summed E-state index contributed by atoms with van der Waals surface area (Å²) in [6.07, 6.45) is 0.448. The smallest absolute Gasteiger partial charge is 0.407 e. The largest absolute Gasteiger partial charge is 0.449 e. The molecule has 1 aromatic carbocycles. The van der Waals surface area contributed by atoms with Crippen LogP contribution < -0.4 is 5.32 Å². The molecule has 0 aromatic heterocycles. The lowest BCUT2D eigenvalue weighted by atomic mass is 10.0. The molecule has 1 N–H and O–H groups in total. The van der Waals surface area contributed by atoms with Gasteiger partial charge in [-0.1, -0.05) is 23.7 Å². The molecule has 0 bridgehead atoms. The molecule has 3 nitrogen and oxygen atoms in total. The van der Waals surface area contributed by atoms with Gasteiger partial charge in [0.15, 0.2) is 0 Å². The van der Waals surface area contributed by atoms with Crippen molar-refractivity contribution in [3.63, 3.8) is 0 Å². The van der Waals surface area contributed by atoms with Crippen LogP contribution in [0.1, 0.15) is 18.0 Å². The molecule has 1 atom stereocenters. The number of amides is 1. The average molecular weight is 248 g/mol. The van der Waals surface area contributed by atoms with Gasteiger partial charge < -0.3 is 10.1 Å². The standard InChI is InChI=1S/C10H10ClNO2.ClH/c11-8-3-1-7(2-4-8)9-5-6-14-10(13)12-9;/h1-4,9H,5-6H2,(H,12,13);1H/t9-;/m0./s1. The number of hydrogen-bond donors (Lipinski definition) is 1. The van der Waals surface area contributed by atoms with Crippen LogP contribution in [-0.4, -0.2) is 12.7 Å². The molecular formula is C10H11Cl2NO2. The third kappa shape index (κ3) is 3.01. The van der Waals surface area contributed by atoms with Crippen LogP contribution in [0.25, 0.3) is 0 Å². The first-order valence-corrected chi connectivity index (χ1v) is 4.82. The van der Waals surface area contributed by atoms with E-state index in [1.807, 2.05) is 24.3 Å². The van der Waals surface area contributed by atoms with Crippen molar-refractivity contribution in [2.24, 2.45) is 0 Å². The normalized spacial score (nSPS) is 19.8. The highest BCUT2D eigenvalue weighted by atomic mass is 35.5. The Bertz CT molecular complexity index is 340. The Morgan fingerprint density at radius 2 is 2.00 bits per heavy atom. The summed E-state index contributed by atoms with van der Waals surface area (Å²) in [5, 5.41) is 3.45. The van der Waals surface area contributed by atoms with Crippen molar-refractivity contribution in [1.82, 2.24) is 5.32 Å². The first-order valence-electron chi connectivity index (χ1n) is 4.44. The van der Waals surface area contributed by atoms with Crippen molar-refractivity contribution >= 4 is 30.1 Å². The van der Waals surface area contributed by atoms with E-state index in [9.17, 15) is 4.79 Å². The first kappa shape index (κ1) is 12.1. The molecule has 1 aliphatic heterocycles. The molecule has 1 amide bonds. The Kier molecular flexibility index (Phi) is 4.24. The third-order valence-corrected chi connectivity index (χ3v) is 2.46. The molecule has 0 unspecified atom stereocenters. The van der Waals surface area contributed by atoms with Crippen molar-refractivity contribution in [2.45, 2.75) is 12.5 Å². The highest BCUT2D eigenvalue weighted by Crippen LogP contribution is 2.21. The number of hydrogen-bond acceptors (Lipinski definition) is 2. The van der Waals surface area contributed by atoms with Crippen molar-refractivity contribution in [1.29, 1.82) is 0 Å². The van der Waals surface area contributed by atoms with Gasteiger partial charge in [0, 0.05) is 11.4 Å². The van der Waals surface area contributed by atoms with Gasteiger partial charge in [0.25, 0.3) is 0 Å². The van der Waals surface area contributed by atoms with Crippen LogP contribution in [0.3, 0.4) is 0 Å². The number of ether oxygens (including phenoxy) is 1. The monoisotopic (exact) mass is 247 g/mol. The molecule has 5 heteroatoms. The Hall–Kier alpha value is -0.930. The fourth-order valence-electron chi connectivity index (χ4n) is 1.47. The predicted molar refractivity (Wildman–Crippen MR) is 60.5 cm³/mol. The van der Waals surface area contributed by atoms with Crippen LogP contribution >= 0.6 is 24.0 Å². The summed E-state index contributed by atoms with van der Waals surface area (Å²) in [5.41, 5.74) is 1.06. The van der Waals surface area contributed by atoms with Gasteiger partial charge in [-0.15, -0.1) is 12.4 Å². The van der Waals surface area contributed by atoms with E-state index >= 15 is 0 Å². The molecular weight excluding hydrogens is 237 g/mol. The minimum Gasteiger partial charge on any atom is -0.449 e. The second kappa shape index (κ2) is 5.24. The van der Waals surface area contributed by atoms with E-state index < -0.39 is 0 Å². The summed E-state index contributed by atoms with van der Waals surface area (Å²) in [7, 11) is 0. The fourth-order valence-corrected chi connectivity index (χ4v) is 1.60. The summed E-state index contributed by atoms with van der Waals surface area (Å²) < 4.78 is 4.78. The first-order chi connectivity index (χ1) is 6.75. The molecule has 1 aromatic rings. The zero-order chi connectivity index (χ0) is 9.97. The lowest BCUT2D eigenvalue weighted by Gasteiger charge is -2.23. The lowest BCUT2D eigenvalue weighted by Crippen LogP contribution is -2.35. The van der Waals surface area contributed by atoms with Crippen LogP contribution in [0, 0.1) is 0 Å². The van der Waals surface area contributed by atoms with E-state index in [0.29, 0.717) is 11.6 Å². The number of carbonyl (C=O) groups is 1. The SMILES string of the molecule is Cl.O=C1N[C@H](c2ccc(Cl)cc2)CCO1. The molecule has 2 rings (SSSR count). The number of rotatable bonds is 1. The van der Waals surface area contributed by atoms with Gasteiger partial charge in [-0.3, -0.25) is 0 Å². The minimum atomic E-state index is -0.351. The zero-order valence-electron chi connectivity index (χ0n) is 7.90. The Balaban J connectivity index is 0.00000112. The van der Waals surface area contributed by atoms with Crippen molar-refractivity contribution < 1.29 is 9.53 Å². The average Bonchev–Trinajstić information content (AvgIpc) is 2.19. The molecule has 0 saturated carbocycles. The van der Waals surface area contributed by atoms with Gasteiger partial charge in [-0.2, -0.15) is 0 Å². The van der Waals surface area contributed by atoms with Crippen molar-refractivity contribution in [2.75, 3.05) is 6.61 Å². The van der Waals surface area contributed by atoms with Crippen LogP contribution in [-0.2, 0) is 4.74 Å². The predicted octanol–water partition coefficient (Wildman–Crippen LogP) is 2.93. The van der Waals surface area contributed by atoms with Gasteiger partial charge in [0.05, 0.1) is 12.6 Å². The van der Waals surface area contributed by atoms with E-state index in [1.165, 1.54) is 0 Å². The summed E-state index contributed by atoms with van der Waals surface area (Å²) >= 11 is 5.77. The zero-order valence-corrected chi connectivity index (χ0v) is 9.48. The number of benzene rings is 1. The molecule has 15 heavy (non-hydrogen) atoms. The molecule has 1 heterocycles. The van der Waals surface area contributed by atoms with Crippen molar-refractivity contribution in [3.8, 4) is 0 Å². The van der Waals surface area contributed by atoms with Gasteiger partial charge in [-0.05, 0) is 17.7 Å².